The summed E-state index contributed by atoms with van der Waals surface area (Å²) in [5, 5.41) is 4.50. The third-order valence-electron chi connectivity index (χ3n) is 2.84. The molecule has 0 amide bonds. The second kappa shape index (κ2) is 7.06. The van der Waals surface area contributed by atoms with E-state index in [1.807, 2.05) is 12.1 Å². The van der Waals surface area contributed by atoms with Gasteiger partial charge < -0.3 is 5.32 Å². The van der Waals surface area contributed by atoms with Crippen molar-refractivity contribution in [1.82, 2.24) is 5.32 Å². The summed E-state index contributed by atoms with van der Waals surface area (Å²) in [5.74, 6) is 0.961. The lowest BCUT2D eigenvalue weighted by Crippen LogP contribution is -2.47. The average molecular weight is 315 g/mol. The lowest BCUT2D eigenvalue weighted by Gasteiger charge is -2.29. The monoisotopic (exact) mass is 313 g/mol. The predicted octanol–water partition coefficient (Wildman–Crippen LogP) is 4.71. The minimum Gasteiger partial charge on any atom is -0.305 e. The molecule has 1 aromatic rings. The number of rotatable bonds is 6. The molecule has 0 aromatic heterocycles. The van der Waals surface area contributed by atoms with Gasteiger partial charge in [0.2, 0.25) is 0 Å². The molecule has 17 heavy (non-hydrogen) atoms. The standard InChI is InChI=1S/C12H15Cl4N/c1-2-12(7-13,8-14)17-6-9-3-4-10(15)11(16)5-9/h3-5,17H,2,6-8H2,1H3. The van der Waals surface area contributed by atoms with Crippen molar-refractivity contribution in [3.8, 4) is 0 Å². The Balaban J connectivity index is 2.68. The quantitative estimate of drug-likeness (QED) is 0.750. The number of benzene rings is 1. The zero-order valence-electron chi connectivity index (χ0n) is 9.57. The molecule has 0 saturated heterocycles. The fourth-order valence-electron chi connectivity index (χ4n) is 1.38. The molecule has 0 atom stereocenters. The van der Waals surface area contributed by atoms with E-state index in [2.05, 4.69) is 12.2 Å². The van der Waals surface area contributed by atoms with E-state index >= 15 is 0 Å². The van der Waals surface area contributed by atoms with E-state index < -0.39 is 0 Å². The molecular formula is C12H15Cl4N. The second-order valence-corrected chi connectivity index (χ2v) is 5.35. The number of hydrogen-bond donors (Lipinski definition) is 1. The summed E-state index contributed by atoms with van der Waals surface area (Å²) < 4.78 is 0. The van der Waals surface area contributed by atoms with Gasteiger partial charge >= 0.3 is 0 Å². The summed E-state index contributed by atoms with van der Waals surface area (Å²) in [6.45, 7) is 2.73. The maximum atomic E-state index is 5.95. The van der Waals surface area contributed by atoms with Gasteiger partial charge in [-0.2, -0.15) is 0 Å². The summed E-state index contributed by atoms with van der Waals surface area (Å²) in [4.78, 5) is 0. The Labute approximate surface area is 122 Å². The molecule has 0 radical (unpaired) electrons. The smallest absolute Gasteiger partial charge is 0.0595 e. The summed E-state index contributed by atoms with van der Waals surface area (Å²) >= 11 is 23.7. The third-order valence-corrected chi connectivity index (χ3v) is 4.60. The van der Waals surface area contributed by atoms with Crippen LogP contribution in [-0.2, 0) is 6.54 Å². The van der Waals surface area contributed by atoms with Crippen LogP contribution in [0.5, 0.6) is 0 Å². The average Bonchev–Trinajstić information content (AvgIpc) is 2.36. The van der Waals surface area contributed by atoms with Gasteiger partial charge in [-0.3, -0.25) is 0 Å². The Morgan fingerprint density at radius 2 is 1.76 bits per heavy atom. The van der Waals surface area contributed by atoms with E-state index in [4.69, 9.17) is 46.4 Å². The minimum absolute atomic E-state index is 0.227. The van der Waals surface area contributed by atoms with Gasteiger partial charge in [-0.25, -0.2) is 0 Å². The first-order valence-corrected chi connectivity index (χ1v) is 7.20. The van der Waals surface area contributed by atoms with Crippen molar-refractivity contribution in [2.75, 3.05) is 11.8 Å². The molecular weight excluding hydrogens is 300 g/mol. The topological polar surface area (TPSA) is 12.0 Å². The molecule has 0 saturated carbocycles. The highest BCUT2D eigenvalue weighted by molar-refractivity contribution is 6.42. The molecule has 0 spiro atoms. The first-order valence-electron chi connectivity index (χ1n) is 5.38. The summed E-state index contributed by atoms with van der Waals surface area (Å²) in [5.41, 5.74) is 0.836. The van der Waals surface area contributed by atoms with Crippen molar-refractivity contribution in [2.24, 2.45) is 0 Å². The molecule has 0 aliphatic carbocycles. The maximum absolute atomic E-state index is 5.95. The highest BCUT2D eigenvalue weighted by Gasteiger charge is 2.25. The normalized spacial score (nSPS) is 11.8. The van der Waals surface area contributed by atoms with Gasteiger partial charge in [0, 0.05) is 23.8 Å². The van der Waals surface area contributed by atoms with Crippen LogP contribution in [0.3, 0.4) is 0 Å². The SMILES string of the molecule is CCC(CCl)(CCl)NCc1ccc(Cl)c(Cl)c1. The Morgan fingerprint density at radius 3 is 2.24 bits per heavy atom. The van der Waals surface area contributed by atoms with Crippen LogP contribution in [-0.4, -0.2) is 17.3 Å². The van der Waals surface area contributed by atoms with Crippen LogP contribution in [0.2, 0.25) is 10.0 Å². The van der Waals surface area contributed by atoms with Gasteiger partial charge in [0.05, 0.1) is 10.0 Å². The minimum atomic E-state index is -0.227. The fraction of sp³-hybridized carbons (Fsp3) is 0.500. The van der Waals surface area contributed by atoms with Gasteiger partial charge in [0.1, 0.15) is 0 Å². The molecule has 0 aliphatic heterocycles. The van der Waals surface area contributed by atoms with E-state index in [9.17, 15) is 0 Å². The van der Waals surface area contributed by atoms with Crippen LogP contribution in [0.25, 0.3) is 0 Å². The summed E-state index contributed by atoms with van der Waals surface area (Å²) in [6, 6.07) is 5.57. The van der Waals surface area contributed by atoms with Gasteiger partial charge in [0.15, 0.2) is 0 Å². The van der Waals surface area contributed by atoms with Crippen LogP contribution in [0.4, 0.5) is 0 Å². The lowest BCUT2D eigenvalue weighted by molar-refractivity contribution is 0.385. The van der Waals surface area contributed by atoms with Gasteiger partial charge in [-0.15, -0.1) is 23.2 Å². The van der Waals surface area contributed by atoms with Crippen LogP contribution in [0.1, 0.15) is 18.9 Å². The lowest BCUT2D eigenvalue weighted by atomic mass is 10.0. The molecule has 0 aliphatic rings. The van der Waals surface area contributed by atoms with Crippen LogP contribution in [0, 0.1) is 0 Å². The first kappa shape index (κ1) is 15.4. The van der Waals surface area contributed by atoms with Gasteiger partial charge in [-0.05, 0) is 24.1 Å². The number of alkyl halides is 2. The largest absolute Gasteiger partial charge is 0.305 e. The zero-order valence-corrected chi connectivity index (χ0v) is 12.6. The molecule has 0 unspecified atom stereocenters. The Morgan fingerprint density at radius 1 is 1.12 bits per heavy atom. The molecule has 1 N–H and O–H groups in total. The fourth-order valence-corrected chi connectivity index (χ4v) is 2.56. The Hall–Kier alpha value is 0.340. The summed E-state index contributed by atoms with van der Waals surface area (Å²) in [7, 11) is 0. The highest BCUT2D eigenvalue weighted by Crippen LogP contribution is 2.23. The van der Waals surface area contributed by atoms with Crippen molar-refractivity contribution < 1.29 is 0 Å². The Bertz CT molecular complexity index is 355. The number of halogens is 4. The zero-order chi connectivity index (χ0) is 12.9. The van der Waals surface area contributed by atoms with Crippen molar-refractivity contribution in [2.45, 2.75) is 25.4 Å². The van der Waals surface area contributed by atoms with Gasteiger partial charge in [-0.1, -0.05) is 36.2 Å². The Kier molecular flexibility index (Phi) is 6.39. The molecule has 1 rings (SSSR count). The van der Waals surface area contributed by atoms with E-state index in [0.29, 0.717) is 28.4 Å². The van der Waals surface area contributed by atoms with Crippen LogP contribution < -0.4 is 5.32 Å². The van der Waals surface area contributed by atoms with Crippen molar-refractivity contribution in [3.05, 3.63) is 33.8 Å². The second-order valence-electron chi connectivity index (χ2n) is 4.00. The third kappa shape index (κ3) is 4.18. The number of nitrogens with one attached hydrogen (secondary N) is 1. The van der Waals surface area contributed by atoms with E-state index in [-0.39, 0.29) is 5.54 Å². The first-order chi connectivity index (χ1) is 8.06. The van der Waals surface area contributed by atoms with Crippen molar-refractivity contribution in [1.29, 1.82) is 0 Å². The van der Waals surface area contributed by atoms with E-state index in [0.717, 1.165) is 12.0 Å². The van der Waals surface area contributed by atoms with E-state index in [1.165, 1.54) is 0 Å². The molecule has 0 bridgehead atoms. The highest BCUT2D eigenvalue weighted by atomic mass is 35.5. The van der Waals surface area contributed by atoms with Crippen LogP contribution in [0.15, 0.2) is 18.2 Å². The van der Waals surface area contributed by atoms with E-state index in [1.54, 1.807) is 6.07 Å². The molecule has 1 aromatic carbocycles. The molecule has 1 nitrogen and oxygen atoms in total. The predicted molar refractivity (Wildman–Crippen MR) is 77.8 cm³/mol. The molecule has 0 heterocycles. The summed E-state index contributed by atoms with van der Waals surface area (Å²) in [6.07, 6.45) is 0.876. The van der Waals surface area contributed by atoms with Crippen LogP contribution >= 0.6 is 46.4 Å². The van der Waals surface area contributed by atoms with Crippen molar-refractivity contribution in [3.63, 3.8) is 0 Å². The molecule has 0 fully saturated rings. The molecule has 5 heteroatoms. The van der Waals surface area contributed by atoms with Gasteiger partial charge in [0.25, 0.3) is 0 Å². The maximum Gasteiger partial charge on any atom is 0.0595 e. The number of hydrogen-bond acceptors (Lipinski definition) is 1. The molecule has 96 valence electrons. The van der Waals surface area contributed by atoms with Crippen molar-refractivity contribution >= 4 is 46.4 Å².